The maximum Gasteiger partial charge on any atom is 0.316 e. The Hall–Kier alpha value is -2.14. The first-order valence-corrected chi connectivity index (χ1v) is 19.3. The van der Waals surface area contributed by atoms with Crippen LogP contribution in [0.1, 0.15) is 141 Å². The maximum atomic E-state index is 12.8. The lowest BCUT2D eigenvalue weighted by Gasteiger charge is -2.45. The number of hydrogen-bond acceptors (Lipinski definition) is 8. The molecular weight excluding hydrogens is 788 g/mol. The molecule has 0 aromatic heterocycles. The van der Waals surface area contributed by atoms with Gasteiger partial charge in [0.15, 0.2) is 23.0 Å². The van der Waals surface area contributed by atoms with Crippen molar-refractivity contribution in [1.29, 1.82) is 0 Å². The molecule has 52 heavy (non-hydrogen) atoms. The third-order valence-electron chi connectivity index (χ3n) is 11.2. The van der Waals surface area contributed by atoms with Gasteiger partial charge in [-0.25, -0.2) is 0 Å². The largest absolute Gasteiger partial charge is 0.504 e. The first kappa shape index (κ1) is 44.3. The van der Waals surface area contributed by atoms with E-state index in [1.807, 2.05) is 53.7 Å². The Morgan fingerprint density at radius 3 is 1.65 bits per heavy atom. The van der Waals surface area contributed by atoms with E-state index >= 15 is 0 Å². The summed E-state index contributed by atoms with van der Waals surface area (Å²) in [6, 6.07) is 8.77. The Kier molecular flexibility index (Phi) is 15.7. The standard InChI is InChI=1S/C26H39NO4.C16H23NO2.2BrH/c1-8-15-27-16-9-10-18-17-12-14-21(30-23(28)25(2,3)4)22(19(17)11-13-20(18)27)31-24(29)26(5,6)7;1-2-9-17-10-3-4-12-11-6-8-15(18)16(19)13(11)5-7-14(12)17;;/h12,14,18,20H,8-11,13,15-16H2,1-7H3;6,8,12,14,18-19H,2-5,7,9-10H2,1H3;2*1H/t18-,20-;12-,14-;;/m00../s1. The van der Waals surface area contributed by atoms with Gasteiger partial charge in [0.25, 0.3) is 0 Å². The summed E-state index contributed by atoms with van der Waals surface area (Å²) in [5.41, 5.74) is 3.26. The molecule has 8 nitrogen and oxygen atoms in total. The van der Waals surface area contributed by atoms with E-state index in [1.54, 1.807) is 6.07 Å². The second-order valence-electron chi connectivity index (χ2n) is 17.0. The summed E-state index contributed by atoms with van der Waals surface area (Å²) in [6.45, 7) is 20.2. The number of phenols is 2. The van der Waals surface area contributed by atoms with Crippen LogP contribution in [0, 0.1) is 10.8 Å². The molecule has 2 aromatic rings. The van der Waals surface area contributed by atoms with Crippen molar-refractivity contribution in [3.63, 3.8) is 0 Å². The van der Waals surface area contributed by atoms with Crippen LogP contribution in [0.5, 0.6) is 23.0 Å². The topological polar surface area (TPSA) is 99.5 Å². The fraction of sp³-hybridized carbons (Fsp3) is 0.667. The summed E-state index contributed by atoms with van der Waals surface area (Å²) in [4.78, 5) is 30.7. The van der Waals surface area contributed by atoms with Crippen molar-refractivity contribution in [1.82, 2.24) is 9.80 Å². The molecule has 0 radical (unpaired) electrons. The van der Waals surface area contributed by atoms with Crippen LogP contribution in [-0.4, -0.2) is 70.2 Å². The van der Waals surface area contributed by atoms with Crippen molar-refractivity contribution in [2.75, 3.05) is 26.2 Å². The zero-order chi connectivity index (χ0) is 36.4. The molecule has 0 spiro atoms. The van der Waals surface area contributed by atoms with E-state index in [2.05, 4.69) is 29.7 Å². The fourth-order valence-corrected chi connectivity index (χ4v) is 8.63. The molecule has 2 fully saturated rings. The van der Waals surface area contributed by atoms with Crippen molar-refractivity contribution >= 4 is 45.9 Å². The second kappa shape index (κ2) is 18.5. The van der Waals surface area contributed by atoms with Crippen LogP contribution in [-0.2, 0) is 22.4 Å². The Balaban J connectivity index is 0.000000298. The molecule has 2 aliphatic heterocycles. The number of likely N-dealkylation sites (tertiary alicyclic amines) is 2. The minimum atomic E-state index is -0.645. The molecule has 0 bridgehead atoms. The van der Waals surface area contributed by atoms with E-state index in [1.165, 1.54) is 49.9 Å². The van der Waals surface area contributed by atoms with Crippen LogP contribution in [0.2, 0.25) is 0 Å². The highest BCUT2D eigenvalue weighted by atomic mass is 79.9. The van der Waals surface area contributed by atoms with Crippen molar-refractivity contribution < 1.29 is 29.3 Å². The third-order valence-corrected chi connectivity index (χ3v) is 11.2. The number of fused-ring (bicyclic) bond motifs is 6. The summed E-state index contributed by atoms with van der Waals surface area (Å²) in [5, 5.41) is 19.7. The third kappa shape index (κ3) is 9.74. The quantitative estimate of drug-likeness (QED) is 0.169. The number of phenolic OH excluding ortho intramolecular Hbond substituents is 2. The molecule has 2 N–H and O–H groups in total. The van der Waals surface area contributed by atoms with E-state index < -0.39 is 10.8 Å². The molecule has 292 valence electrons. The number of ether oxygens (including phenoxy) is 2. The predicted octanol–water partition coefficient (Wildman–Crippen LogP) is 9.65. The highest BCUT2D eigenvalue weighted by Gasteiger charge is 2.40. The van der Waals surface area contributed by atoms with Gasteiger partial charge in [-0.05, 0) is 167 Å². The Morgan fingerprint density at radius 1 is 0.692 bits per heavy atom. The molecule has 10 heteroatoms. The Labute approximate surface area is 333 Å². The van der Waals surface area contributed by atoms with Crippen molar-refractivity contribution in [2.45, 2.75) is 144 Å². The molecular formula is C42H64Br2N2O6. The number of aromatic hydroxyl groups is 2. The zero-order valence-corrected chi connectivity index (χ0v) is 36.2. The predicted molar refractivity (Wildman–Crippen MR) is 219 cm³/mol. The number of rotatable bonds is 6. The molecule has 4 atom stereocenters. The molecule has 2 aliphatic carbocycles. The maximum absolute atomic E-state index is 12.8. The Morgan fingerprint density at radius 2 is 1.15 bits per heavy atom. The van der Waals surface area contributed by atoms with E-state index in [9.17, 15) is 19.8 Å². The first-order valence-electron chi connectivity index (χ1n) is 19.3. The summed E-state index contributed by atoms with van der Waals surface area (Å²) in [6.07, 6.45) is 11.0. The van der Waals surface area contributed by atoms with Crippen LogP contribution in [0.4, 0.5) is 0 Å². The Bertz CT molecular complexity index is 1530. The molecule has 2 heterocycles. The number of halogens is 2. The van der Waals surface area contributed by atoms with Gasteiger partial charge in [0.2, 0.25) is 0 Å². The lowest BCUT2D eigenvalue weighted by atomic mass is 9.74. The normalized spacial score (nSPS) is 22.8. The number of piperidine rings is 2. The highest BCUT2D eigenvalue weighted by molar-refractivity contribution is 8.93. The summed E-state index contributed by atoms with van der Waals surface area (Å²) >= 11 is 0. The molecule has 2 aromatic carbocycles. The number of carbonyl (C=O) groups excluding carboxylic acids is 2. The minimum absolute atomic E-state index is 0. The second-order valence-corrected chi connectivity index (χ2v) is 17.0. The molecule has 6 rings (SSSR count). The SMILES string of the molecule is Br.Br.CCCN1CCC[C@H]2c3ccc(O)c(O)c3CC[C@@H]21.CCCN1CCC[C@H]2c3ccc(OC(=O)C(C)(C)C)c(OC(=O)C(C)(C)C)c3CC[C@@H]21. The van der Waals surface area contributed by atoms with Gasteiger partial charge >= 0.3 is 11.9 Å². The molecule has 0 unspecified atom stereocenters. The van der Waals surface area contributed by atoms with Gasteiger partial charge in [0.1, 0.15) is 0 Å². The van der Waals surface area contributed by atoms with Crippen LogP contribution in [0.15, 0.2) is 24.3 Å². The summed E-state index contributed by atoms with van der Waals surface area (Å²) in [7, 11) is 0. The lowest BCUT2D eigenvalue weighted by Crippen LogP contribution is -2.46. The van der Waals surface area contributed by atoms with E-state index in [0.717, 1.165) is 62.7 Å². The van der Waals surface area contributed by atoms with Gasteiger partial charge in [-0.1, -0.05) is 26.0 Å². The van der Waals surface area contributed by atoms with Crippen molar-refractivity contribution in [3.05, 3.63) is 46.5 Å². The van der Waals surface area contributed by atoms with Crippen LogP contribution < -0.4 is 9.47 Å². The van der Waals surface area contributed by atoms with E-state index in [4.69, 9.17) is 9.47 Å². The first-order chi connectivity index (χ1) is 23.6. The monoisotopic (exact) mass is 850 g/mol. The number of hydrogen-bond donors (Lipinski definition) is 2. The van der Waals surface area contributed by atoms with Crippen LogP contribution >= 0.6 is 34.0 Å². The average Bonchev–Trinajstić information content (AvgIpc) is 3.07. The smallest absolute Gasteiger partial charge is 0.316 e. The van der Waals surface area contributed by atoms with Crippen molar-refractivity contribution in [3.8, 4) is 23.0 Å². The average molecular weight is 853 g/mol. The van der Waals surface area contributed by atoms with Crippen LogP contribution in [0.25, 0.3) is 0 Å². The summed E-state index contributed by atoms with van der Waals surface area (Å²) < 4.78 is 11.7. The zero-order valence-electron chi connectivity index (χ0n) is 32.8. The number of esters is 2. The minimum Gasteiger partial charge on any atom is -0.504 e. The number of carbonyl (C=O) groups is 2. The van der Waals surface area contributed by atoms with Gasteiger partial charge in [0, 0.05) is 23.2 Å². The van der Waals surface area contributed by atoms with Crippen LogP contribution in [0.3, 0.4) is 0 Å². The molecule has 2 saturated heterocycles. The molecule has 0 amide bonds. The van der Waals surface area contributed by atoms with E-state index in [-0.39, 0.29) is 57.4 Å². The molecule has 0 saturated carbocycles. The highest BCUT2D eigenvalue weighted by Crippen LogP contribution is 2.48. The van der Waals surface area contributed by atoms with Gasteiger partial charge in [-0.15, -0.1) is 34.0 Å². The number of nitrogens with zero attached hydrogens (tertiary/aromatic N) is 2. The van der Waals surface area contributed by atoms with Gasteiger partial charge in [-0.2, -0.15) is 0 Å². The van der Waals surface area contributed by atoms with Crippen molar-refractivity contribution in [2.24, 2.45) is 10.8 Å². The van der Waals surface area contributed by atoms with E-state index in [0.29, 0.717) is 35.4 Å². The van der Waals surface area contributed by atoms with Gasteiger partial charge in [0.05, 0.1) is 10.8 Å². The summed E-state index contributed by atoms with van der Waals surface area (Å²) in [5.74, 6) is 1.27. The molecule has 4 aliphatic rings. The van der Waals surface area contributed by atoms with Gasteiger partial charge in [-0.3, -0.25) is 19.4 Å². The number of benzene rings is 2. The fourth-order valence-electron chi connectivity index (χ4n) is 8.63. The lowest BCUT2D eigenvalue weighted by molar-refractivity contribution is -0.145. The van der Waals surface area contributed by atoms with Gasteiger partial charge < -0.3 is 19.7 Å².